The highest BCUT2D eigenvalue weighted by Crippen LogP contribution is 2.22. The summed E-state index contributed by atoms with van der Waals surface area (Å²) in [5.41, 5.74) is 5.38. The molecule has 1 aliphatic heterocycles. The zero-order valence-electron chi connectivity index (χ0n) is 17.5. The van der Waals surface area contributed by atoms with Gasteiger partial charge in [0, 0.05) is 38.3 Å². The summed E-state index contributed by atoms with van der Waals surface area (Å²) in [7, 11) is 0. The fourth-order valence-electron chi connectivity index (χ4n) is 3.83. The van der Waals surface area contributed by atoms with Crippen LogP contribution in [0.15, 0.2) is 84.9 Å². The molecule has 3 aromatic rings. The van der Waals surface area contributed by atoms with Crippen molar-refractivity contribution in [1.82, 2.24) is 9.80 Å². The molecule has 1 aliphatic rings. The molecule has 1 saturated heterocycles. The molecule has 0 aromatic heterocycles. The Morgan fingerprint density at radius 3 is 2.03 bits per heavy atom. The van der Waals surface area contributed by atoms with Crippen LogP contribution in [-0.4, -0.2) is 41.9 Å². The molecular formula is C27H28N2O. The average molecular weight is 397 g/mol. The van der Waals surface area contributed by atoms with E-state index in [2.05, 4.69) is 36.1 Å². The van der Waals surface area contributed by atoms with Crippen LogP contribution in [0.3, 0.4) is 0 Å². The lowest BCUT2D eigenvalue weighted by atomic mass is 10.0. The minimum atomic E-state index is 0.111. The topological polar surface area (TPSA) is 23.6 Å². The van der Waals surface area contributed by atoms with Crippen molar-refractivity contribution in [1.29, 1.82) is 0 Å². The average Bonchev–Trinajstić information content (AvgIpc) is 2.80. The van der Waals surface area contributed by atoms with Crippen molar-refractivity contribution in [3.05, 3.63) is 107 Å². The van der Waals surface area contributed by atoms with Crippen LogP contribution in [-0.2, 0) is 11.3 Å². The van der Waals surface area contributed by atoms with E-state index < -0.39 is 0 Å². The first-order chi connectivity index (χ1) is 14.7. The molecule has 0 aliphatic carbocycles. The van der Waals surface area contributed by atoms with Gasteiger partial charge in [0.1, 0.15) is 0 Å². The molecule has 1 amide bonds. The summed E-state index contributed by atoms with van der Waals surface area (Å²) < 4.78 is 0. The van der Waals surface area contributed by atoms with Gasteiger partial charge in [-0.1, -0.05) is 90.5 Å². The maximum absolute atomic E-state index is 13.4. The van der Waals surface area contributed by atoms with E-state index in [1.165, 1.54) is 11.1 Å². The van der Waals surface area contributed by atoms with Gasteiger partial charge in [0.15, 0.2) is 0 Å². The maximum atomic E-state index is 13.4. The van der Waals surface area contributed by atoms with Crippen LogP contribution in [0.25, 0.3) is 11.6 Å². The number of amides is 1. The molecule has 3 heteroatoms. The second-order valence-corrected chi connectivity index (χ2v) is 7.89. The number of carbonyl (C=O) groups excluding carboxylic acids is 1. The molecule has 1 heterocycles. The van der Waals surface area contributed by atoms with Crippen LogP contribution in [0.4, 0.5) is 0 Å². The highest BCUT2D eigenvalue weighted by atomic mass is 16.2. The number of benzene rings is 3. The number of nitrogens with zero attached hydrogens (tertiary/aromatic N) is 2. The van der Waals surface area contributed by atoms with E-state index in [0.29, 0.717) is 0 Å². The maximum Gasteiger partial charge on any atom is 0.254 e. The zero-order chi connectivity index (χ0) is 20.8. The molecule has 0 atom stereocenters. The van der Waals surface area contributed by atoms with Gasteiger partial charge in [-0.05, 0) is 29.7 Å². The van der Waals surface area contributed by atoms with Gasteiger partial charge in [-0.3, -0.25) is 9.69 Å². The second kappa shape index (κ2) is 9.55. The third-order valence-corrected chi connectivity index (χ3v) is 5.61. The predicted octanol–water partition coefficient (Wildman–Crippen LogP) is 4.88. The molecular weight excluding hydrogens is 368 g/mol. The van der Waals surface area contributed by atoms with Gasteiger partial charge >= 0.3 is 0 Å². The number of hydrogen-bond donors (Lipinski definition) is 0. The second-order valence-electron chi connectivity index (χ2n) is 7.89. The van der Waals surface area contributed by atoms with E-state index in [-0.39, 0.29) is 5.91 Å². The lowest BCUT2D eigenvalue weighted by Crippen LogP contribution is -2.48. The Morgan fingerprint density at radius 1 is 0.800 bits per heavy atom. The van der Waals surface area contributed by atoms with Crippen molar-refractivity contribution in [2.45, 2.75) is 13.5 Å². The third-order valence-electron chi connectivity index (χ3n) is 5.61. The minimum Gasteiger partial charge on any atom is -0.336 e. The molecule has 152 valence electrons. The standard InChI is InChI=1S/C27H28N2O/c1-22-12-14-24(15-13-22)21-28-16-18-29(19-17-28)27(30)26(25-10-6-3-7-11-25)20-23-8-4-2-5-9-23/h2-15,20H,16-19,21H2,1H3/b26-20-. The summed E-state index contributed by atoms with van der Waals surface area (Å²) in [6.07, 6.45) is 2.01. The summed E-state index contributed by atoms with van der Waals surface area (Å²) in [5.74, 6) is 0.111. The number of aryl methyl sites for hydroxylation is 1. The summed E-state index contributed by atoms with van der Waals surface area (Å²) >= 11 is 0. The summed E-state index contributed by atoms with van der Waals surface area (Å²) in [5, 5.41) is 0. The van der Waals surface area contributed by atoms with Gasteiger partial charge in [0.25, 0.3) is 5.91 Å². The molecule has 0 saturated carbocycles. The first-order valence-electron chi connectivity index (χ1n) is 10.6. The molecule has 0 unspecified atom stereocenters. The highest BCUT2D eigenvalue weighted by molar-refractivity contribution is 6.24. The monoisotopic (exact) mass is 396 g/mol. The number of rotatable bonds is 5. The smallest absolute Gasteiger partial charge is 0.254 e. The van der Waals surface area contributed by atoms with E-state index in [1.54, 1.807) is 0 Å². The fraction of sp³-hybridized carbons (Fsp3) is 0.222. The lowest BCUT2D eigenvalue weighted by molar-refractivity contribution is -0.126. The van der Waals surface area contributed by atoms with E-state index >= 15 is 0 Å². The number of piperazine rings is 1. The molecule has 3 nitrogen and oxygen atoms in total. The predicted molar refractivity (Wildman–Crippen MR) is 124 cm³/mol. The number of hydrogen-bond acceptors (Lipinski definition) is 2. The normalized spacial score (nSPS) is 15.2. The fourth-order valence-corrected chi connectivity index (χ4v) is 3.83. The Morgan fingerprint density at radius 2 is 1.40 bits per heavy atom. The Bertz CT molecular complexity index is 986. The summed E-state index contributed by atoms with van der Waals surface area (Å²) in [6, 6.07) is 28.8. The number of carbonyl (C=O) groups is 1. The van der Waals surface area contributed by atoms with Gasteiger partial charge in [-0.2, -0.15) is 0 Å². The van der Waals surface area contributed by atoms with Crippen LogP contribution in [0.1, 0.15) is 22.3 Å². The van der Waals surface area contributed by atoms with Gasteiger partial charge in [0.05, 0.1) is 0 Å². The van der Waals surface area contributed by atoms with Gasteiger partial charge in [-0.15, -0.1) is 0 Å². The van der Waals surface area contributed by atoms with Gasteiger partial charge in [0.2, 0.25) is 0 Å². The quantitative estimate of drug-likeness (QED) is 0.453. The van der Waals surface area contributed by atoms with Crippen molar-refractivity contribution in [2.75, 3.05) is 26.2 Å². The molecule has 30 heavy (non-hydrogen) atoms. The SMILES string of the molecule is Cc1ccc(CN2CCN(C(=O)/C(=C\c3ccccc3)c3ccccc3)CC2)cc1. The van der Waals surface area contributed by atoms with E-state index in [0.717, 1.165) is 49.4 Å². The zero-order valence-corrected chi connectivity index (χ0v) is 17.5. The van der Waals surface area contributed by atoms with Crippen molar-refractivity contribution in [2.24, 2.45) is 0 Å². The molecule has 0 N–H and O–H groups in total. The van der Waals surface area contributed by atoms with E-state index in [1.807, 2.05) is 71.6 Å². The van der Waals surface area contributed by atoms with E-state index in [9.17, 15) is 4.79 Å². The Kier molecular flexibility index (Phi) is 6.41. The van der Waals surface area contributed by atoms with Crippen LogP contribution < -0.4 is 0 Å². The summed E-state index contributed by atoms with van der Waals surface area (Å²) in [6.45, 7) is 6.35. The molecule has 4 rings (SSSR count). The first-order valence-corrected chi connectivity index (χ1v) is 10.6. The summed E-state index contributed by atoms with van der Waals surface area (Å²) in [4.78, 5) is 17.9. The van der Waals surface area contributed by atoms with Crippen LogP contribution in [0.2, 0.25) is 0 Å². The van der Waals surface area contributed by atoms with Crippen LogP contribution in [0, 0.1) is 6.92 Å². The molecule has 0 radical (unpaired) electrons. The molecule has 1 fully saturated rings. The van der Waals surface area contributed by atoms with Crippen molar-refractivity contribution in [3.8, 4) is 0 Å². The minimum absolute atomic E-state index is 0.111. The Balaban J connectivity index is 1.46. The van der Waals surface area contributed by atoms with E-state index in [4.69, 9.17) is 0 Å². The van der Waals surface area contributed by atoms with Crippen molar-refractivity contribution >= 4 is 17.6 Å². The molecule has 3 aromatic carbocycles. The Hall–Kier alpha value is -3.17. The van der Waals surface area contributed by atoms with Crippen molar-refractivity contribution in [3.63, 3.8) is 0 Å². The highest BCUT2D eigenvalue weighted by Gasteiger charge is 2.24. The molecule has 0 spiro atoms. The molecule has 0 bridgehead atoms. The van der Waals surface area contributed by atoms with Crippen LogP contribution >= 0.6 is 0 Å². The largest absolute Gasteiger partial charge is 0.336 e. The lowest BCUT2D eigenvalue weighted by Gasteiger charge is -2.35. The van der Waals surface area contributed by atoms with Crippen molar-refractivity contribution < 1.29 is 4.79 Å². The van der Waals surface area contributed by atoms with Gasteiger partial charge < -0.3 is 4.90 Å². The Labute approximate surface area is 179 Å². The van der Waals surface area contributed by atoms with Gasteiger partial charge in [-0.25, -0.2) is 0 Å². The first kappa shape index (κ1) is 20.1. The third kappa shape index (κ3) is 5.05. The van der Waals surface area contributed by atoms with Crippen LogP contribution in [0.5, 0.6) is 0 Å².